The molecule has 1 fully saturated rings. The summed E-state index contributed by atoms with van der Waals surface area (Å²) < 4.78 is 5.29. The summed E-state index contributed by atoms with van der Waals surface area (Å²) in [5.74, 6) is 0.993. The fraction of sp³-hybridized carbons (Fsp3) is 0.909. The van der Waals surface area contributed by atoms with E-state index in [1.54, 1.807) is 0 Å². The van der Waals surface area contributed by atoms with Crippen molar-refractivity contribution in [1.82, 2.24) is 4.90 Å². The van der Waals surface area contributed by atoms with Crippen molar-refractivity contribution in [3.05, 3.63) is 0 Å². The molecule has 0 spiro atoms. The Morgan fingerprint density at radius 3 is 2.50 bits per heavy atom. The lowest BCUT2D eigenvalue weighted by molar-refractivity contribution is -0.134. The Morgan fingerprint density at radius 1 is 1.43 bits per heavy atom. The lowest BCUT2D eigenvalue weighted by atomic mass is 9.99. The van der Waals surface area contributed by atoms with Crippen LogP contribution in [0.5, 0.6) is 0 Å². The molecule has 1 aliphatic heterocycles. The molecule has 3 heteroatoms. The van der Waals surface area contributed by atoms with Gasteiger partial charge in [0.1, 0.15) is 0 Å². The Bertz CT molecular complexity index is 186. The molecular formula is C11H21NO2. The first kappa shape index (κ1) is 11.5. The van der Waals surface area contributed by atoms with Gasteiger partial charge < -0.3 is 9.64 Å². The summed E-state index contributed by atoms with van der Waals surface area (Å²) in [6.45, 7) is 6.49. The van der Waals surface area contributed by atoms with Crippen molar-refractivity contribution in [2.24, 2.45) is 11.8 Å². The summed E-state index contributed by atoms with van der Waals surface area (Å²) in [5, 5.41) is 0. The Morgan fingerprint density at radius 2 is 2.00 bits per heavy atom. The van der Waals surface area contributed by atoms with Crippen LogP contribution < -0.4 is 0 Å². The number of carbonyl (C=O) groups is 1. The standard InChI is InChI=1S/C11H21NO2/c1-9(2)11(13)12(3)8-10-4-6-14-7-5-10/h9-10H,4-8H2,1-3H3. The molecule has 3 nitrogen and oxygen atoms in total. The van der Waals surface area contributed by atoms with Crippen molar-refractivity contribution in [3.8, 4) is 0 Å². The smallest absolute Gasteiger partial charge is 0.224 e. The summed E-state index contributed by atoms with van der Waals surface area (Å²) in [4.78, 5) is 13.5. The number of rotatable bonds is 3. The predicted octanol–water partition coefficient (Wildman–Crippen LogP) is 1.53. The van der Waals surface area contributed by atoms with E-state index < -0.39 is 0 Å². The monoisotopic (exact) mass is 199 g/mol. The van der Waals surface area contributed by atoms with Gasteiger partial charge >= 0.3 is 0 Å². The van der Waals surface area contributed by atoms with E-state index in [0.717, 1.165) is 32.6 Å². The maximum absolute atomic E-state index is 11.6. The fourth-order valence-corrected chi connectivity index (χ4v) is 1.85. The molecular weight excluding hydrogens is 178 g/mol. The van der Waals surface area contributed by atoms with Crippen molar-refractivity contribution < 1.29 is 9.53 Å². The van der Waals surface area contributed by atoms with Crippen LogP contribution in [0.1, 0.15) is 26.7 Å². The van der Waals surface area contributed by atoms with Crippen molar-refractivity contribution in [1.29, 1.82) is 0 Å². The van der Waals surface area contributed by atoms with E-state index >= 15 is 0 Å². The second-order valence-corrected chi connectivity index (χ2v) is 4.43. The number of amides is 1. The molecule has 0 aliphatic carbocycles. The lowest BCUT2D eigenvalue weighted by Crippen LogP contribution is -2.36. The molecule has 1 rings (SSSR count). The third-order valence-corrected chi connectivity index (χ3v) is 2.74. The normalized spacial score (nSPS) is 18.6. The Balaban J connectivity index is 2.31. The van der Waals surface area contributed by atoms with Crippen LogP contribution >= 0.6 is 0 Å². The van der Waals surface area contributed by atoms with Gasteiger partial charge in [0.05, 0.1) is 0 Å². The highest BCUT2D eigenvalue weighted by molar-refractivity contribution is 5.77. The zero-order valence-corrected chi connectivity index (χ0v) is 9.45. The minimum absolute atomic E-state index is 0.111. The van der Waals surface area contributed by atoms with Crippen LogP contribution in [-0.2, 0) is 9.53 Å². The molecule has 1 heterocycles. The van der Waals surface area contributed by atoms with E-state index in [1.807, 2.05) is 25.8 Å². The molecule has 1 aliphatic rings. The molecule has 14 heavy (non-hydrogen) atoms. The number of nitrogens with zero attached hydrogens (tertiary/aromatic N) is 1. The molecule has 82 valence electrons. The average molecular weight is 199 g/mol. The van der Waals surface area contributed by atoms with E-state index in [1.165, 1.54) is 0 Å². The molecule has 0 radical (unpaired) electrons. The maximum atomic E-state index is 11.6. The van der Waals surface area contributed by atoms with Crippen LogP contribution in [0.4, 0.5) is 0 Å². The van der Waals surface area contributed by atoms with Crippen LogP contribution in [0.3, 0.4) is 0 Å². The quantitative estimate of drug-likeness (QED) is 0.690. The summed E-state index contributed by atoms with van der Waals surface area (Å²) >= 11 is 0. The van der Waals surface area contributed by atoms with Gasteiger partial charge in [-0.1, -0.05) is 13.8 Å². The molecule has 1 saturated heterocycles. The van der Waals surface area contributed by atoms with Crippen LogP contribution in [0, 0.1) is 11.8 Å². The summed E-state index contributed by atoms with van der Waals surface area (Å²) in [7, 11) is 1.90. The van der Waals surface area contributed by atoms with E-state index in [4.69, 9.17) is 4.74 Å². The molecule has 0 saturated carbocycles. The van der Waals surface area contributed by atoms with Gasteiger partial charge in [0.15, 0.2) is 0 Å². The third kappa shape index (κ3) is 3.29. The minimum Gasteiger partial charge on any atom is -0.381 e. The van der Waals surface area contributed by atoms with Gasteiger partial charge in [-0.25, -0.2) is 0 Å². The largest absolute Gasteiger partial charge is 0.381 e. The first-order chi connectivity index (χ1) is 6.61. The van der Waals surface area contributed by atoms with E-state index in [2.05, 4.69) is 0 Å². The maximum Gasteiger partial charge on any atom is 0.224 e. The highest BCUT2D eigenvalue weighted by Crippen LogP contribution is 2.16. The summed E-state index contributed by atoms with van der Waals surface area (Å²) in [6, 6.07) is 0. The van der Waals surface area contributed by atoms with Gasteiger partial charge in [-0.3, -0.25) is 4.79 Å². The van der Waals surface area contributed by atoms with Crippen molar-refractivity contribution in [3.63, 3.8) is 0 Å². The first-order valence-corrected chi connectivity index (χ1v) is 5.44. The lowest BCUT2D eigenvalue weighted by Gasteiger charge is -2.28. The van der Waals surface area contributed by atoms with Crippen LogP contribution in [0.15, 0.2) is 0 Å². The molecule has 1 amide bonds. The van der Waals surface area contributed by atoms with Crippen LogP contribution in [0.25, 0.3) is 0 Å². The van der Waals surface area contributed by atoms with Gasteiger partial charge in [0.25, 0.3) is 0 Å². The highest BCUT2D eigenvalue weighted by atomic mass is 16.5. The Labute approximate surface area is 86.4 Å². The van der Waals surface area contributed by atoms with Gasteiger partial charge in [-0.15, -0.1) is 0 Å². The zero-order valence-electron chi connectivity index (χ0n) is 9.45. The fourth-order valence-electron chi connectivity index (χ4n) is 1.85. The molecule has 0 aromatic carbocycles. The third-order valence-electron chi connectivity index (χ3n) is 2.74. The summed E-state index contributed by atoms with van der Waals surface area (Å²) in [5.41, 5.74) is 0. The van der Waals surface area contributed by atoms with Crippen LogP contribution in [0.2, 0.25) is 0 Å². The second kappa shape index (κ2) is 5.35. The van der Waals surface area contributed by atoms with Crippen molar-refractivity contribution in [2.45, 2.75) is 26.7 Å². The average Bonchev–Trinajstić information content (AvgIpc) is 2.18. The van der Waals surface area contributed by atoms with Gasteiger partial charge in [-0.2, -0.15) is 0 Å². The number of ether oxygens (including phenoxy) is 1. The van der Waals surface area contributed by atoms with Crippen molar-refractivity contribution in [2.75, 3.05) is 26.8 Å². The first-order valence-electron chi connectivity index (χ1n) is 5.44. The van der Waals surface area contributed by atoms with E-state index in [0.29, 0.717) is 5.92 Å². The minimum atomic E-state index is 0.111. The molecule has 0 N–H and O–H groups in total. The number of carbonyl (C=O) groups excluding carboxylic acids is 1. The van der Waals surface area contributed by atoms with E-state index in [9.17, 15) is 4.79 Å². The Hall–Kier alpha value is -0.570. The summed E-state index contributed by atoms with van der Waals surface area (Å²) in [6.07, 6.45) is 2.19. The molecule has 0 bridgehead atoms. The molecule has 0 atom stereocenters. The predicted molar refractivity (Wildman–Crippen MR) is 56.0 cm³/mol. The van der Waals surface area contributed by atoms with Crippen LogP contribution in [-0.4, -0.2) is 37.6 Å². The topological polar surface area (TPSA) is 29.5 Å². The number of hydrogen-bond acceptors (Lipinski definition) is 2. The van der Waals surface area contributed by atoms with E-state index in [-0.39, 0.29) is 11.8 Å². The number of hydrogen-bond donors (Lipinski definition) is 0. The zero-order chi connectivity index (χ0) is 10.6. The SMILES string of the molecule is CC(C)C(=O)N(C)CC1CCOCC1. The second-order valence-electron chi connectivity index (χ2n) is 4.43. The molecule has 0 aromatic rings. The molecule has 0 unspecified atom stereocenters. The van der Waals surface area contributed by atoms with Crippen molar-refractivity contribution >= 4 is 5.91 Å². The molecule has 0 aromatic heterocycles. The highest BCUT2D eigenvalue weighted by Gasteiger charge is 2.19. The van der Waals surface area contributed by atoms with Gasteiger partial charge in [0, 0.05) is 32.7 Å². The Kier molecular flexibility index (Phi) is 4.39. The van der Waals surface area contributed by atoms with Gasteiger partial charge in [-0.05, 0) is 18.8 Å². The van der Waals surface area contributed by atoms with Gasteiger partial charge in [0.2, 0.25) is 5.91 Å².